The number of hydrogen-bond acceptors (Lipinski definition) is 1. The molecule has 1 rings (SSSR count). The number of hydrogen-bond donors (Lipinski definition) is 0. The lowest BCUT2D eigenvalue weighted by molar-refractivity contribution is 0.742. The fourth-order valence-electron chi connectivity index (χ4n) is 1.12. The summed E-state index contributed by atoms with van der Waals surface area (Å²) in [6, 6.07) is 0. The molecule has 0 aromatic heterocycles. The number of allylic oxidation sites excluding steroid dienone is 3. The Morgan fingerprint density at radius 2 is 2.25 bits per heavy atom. The van der Waals surface area contributed by atoms with Crippen molar-refractivity contribution in [2.75, 3.05) is 0 Å². The van der Waals surface area contributed by atoms with Crippen LogP contribution < -0.4 is 0 Å². The summed E-state index contributed by atoms with van der Waals surface area (Å²) in [5.41, 5.74) is 1.21. The largest absolute Gasteiger partial charge is 0.261 e. The molecule has 0 radical (unpaired) electrons. The Labute approximate surface area is 74.9 Å². The molecule has 0 aromatic rings. The Hall–Kier alpha value is -0.850. The highest BCUT2D eigenvalue weighted by Gasteiger charge is 2.05. The van der Waals surface area contributed by atoms with Crippen LogP contribution in [-0.4, -0.2) is 5.71 Å². The van der Waals surface area contributed by atoms with Crippen LogP contribution in [0.2, 0.25) is 0 Å². The highest BCUT2D eigenvalue weighted by molar-refractivity contribution is 5.97. The summed E-state index contributed by atoms with van der Waals surface area (Å²) in [5, 5.41) is 0. The van der Waals surface area contributed by atoms with Crippen molar-refractivity contribution in [1.29, 1.82) is 0 Å². The van der Waals surface area contributed by atoms with Gasteiger partial charge in [-0.15, -0.1) is 0 Å². The van der Waals surface area contributed by atoms with E-state index in [2.05, 4.69) is 44.0 Å². The van der Waals surface area contributed by atoms with Crippen molar-refractivity contribution in [2.24, 2.45) is 16.8 Å². The molecular formula is C11H17N. The van der Waals surface area contributed by atoms with Gasteiger partial charge in [0, 0.05) is 11.9 Å². The van der Waals surface area contributed by atoms with Crippen LogP contribution in [-0.2, 0) is 0 Å². The summed E-state index contributed by atoms with van der Waals surface area (Å²) < 4.78 is 0. The van der Waals surface area contributed by atoms with E-state index in [1.54, 1.807) is 0 Å². The lowest BCUT2D eigenvalue weighted by atomic mass is 10.0. The Morgan fingerprint density at radius 1 is 1.50 bits per heavy atom. The van der Waals surface area contributed by atoms with E-state index in [1.165, 1.54) is 5.71 Å². The van der Waals surface area contributed by atoms with Gasteiger partial charge in [-0.2, -0.15) is 0 Å². The normalized spacial score (nSPS) is 24.9. The first-order valence-corrected chi connectivity index (χ1v) is 4.66. The maximum atomic E-state index is 4.39. The molecule has 1 aliphatic heterocycles. The highest BCUT2D eigenvalue weighted by atomic mass is 14.7. The van der Waals surface area contributed by atoms with Gasteiger partial charge in [0.05, 0.1) is 0 Å². The fraction of sp³-hybridized carbons (Fsp3) is 0.545. The van der Waals surface area contributed by atoms with E-state index in [-0.39, 0.29) is 0 Å². The Morgan fingerprint density at radius 3 is 2.92 bits per heavy atom. The number of rotatable bonds is 2. The van der Waals surface area contributed by atoms with E-state index in [0.29, 0.717) is 11.8 Å². The highest BCUT2D eigenvalue weighted by Crippen LogP contribution is 2.11. The first-order valence-electron chi connectivity index (χ1n) is 4.66. The molecular weight excluding hydrogens is 146 g/mol. The van der Waals surface area contributed by atoms with Crippen molar-refractivity contribution in [2.45, 2.75) is 27.2 Å². The first-order chi connectivity index (χ1) is 5.74. The van der Waals surface area contributed by atoms with E-state index in [0.717, 1.165) is 6.42 Å². The van der Waals surface area contributed by atoms with Crippen molar-refractivity contribution in [3.05, 3.63) is 24.4 Å². The van der Waals surface area contributed by atoms with Gasteiger partial charge in [-0.1, -0.05) is 32.9 Å². The van der Waals surface area contributed by atoms with E-state index in [9.17, 15) is 0 Å². The molecule has 66 valence electrons. The molecule has 1 heterocycles. The Bertz CT molecular complexity index is 223. The van der Waals surface area contributed by atoms with E-state index in [1.807, 2.05) is 6.20 Å². The molecule has 0 saturated heterocycles. The van der Waals surface area contributed by atoms with Gasteiger partial charge in [0.25, 0.3) is 0 Å². The van der Waals surface area contributed by atoms with Gasteiger partial charge in [0.15, 0.2) is 0 Å². The predicted molar refractivity (Wildman–Crippen MR) is 54.3 cm³/mol. The quantitative estimate of drug-likeness (QED) is 0.593. The van der Waals surface area contributed by atoms with E-state index in [4.69, 9.17) is 0 Å². The van der Waals surface area contributed by atoms with Crippen LogP contribution in [0.25, 0.3) is 0 Å². The summed E-state index contributed by atoms with van der Waals surface area (Å²) in [5.74, 6) is 1.10. The molecule has 0 aromatic carbocycles. The standard InChI is InChI=1S/C11H17N/c1-4-10(3)11-6-5-9(2)7-8-12-11/h5-10H,4H2,1-3H3. The molecule has 2 unspecified atom stereocenters. The molecule has 2 atom stereocenters. The van der Waals surface area contributed by atoms with Crippen molar-refractivity contribution in [3.8, 4) is 0 Å². The molecule has 1 nitrogen and oxygen atoms in total. The Balaban J connectivity index is 2.72. The number of nitrogens with zero attached hydrogens (tertiary/aromatic N) is 1. The van der Waals surface area contributed by atoms with Crippen LogP contribution >= 0.6 is 0 Å². The zero-order valence-electron chi connectivity index (χ0n) is 8.12. The zero-order valence-corrected chi connectivity index (χ0v) is 8.12. The molecule has 0 bridgehead atoms. The second-order valence-electron chi connectivity index (χ2n) is 3.42. The molecule has 0 spiro atoms. The van der Waals surface area contributed by atoms with Gasteiger partial charge < -0.3 is 0 Å². The minimum Gasteiger partial charge on any atom is -0.261 e. The van der Waals surface area contributed by atoms with Crippen LogP contribution in [0, 0.1) is 11.8 Å². The molecule has 0 saturated carbocycles. The van der Waals surface area contributed by atoms with Crippen LogP contribution in [0.3, 0.4) is 0 Å². The minimum atomic E-state index is 0.523. The van der Waals surface area contributed by atoms with Crippen LogP contribution in [0.1, 0.15) is 27.2 Å². The van der Waals surface area contributed by atoms with E-state index >= 15 is 0 Å². The minimum absolute atomic E-state index is 0.523. The van der Waals surface area contributed by atoms with Crippen molar-refractivity contribution < 1.29 is 0 Å². The van der Waals surface area contributed by atoms with Gasteiger partial charge in [-0.05, 0) is 24.3 Å². The SMILES string of the molecule is CCC(C)C1=NC=CC(C)C=C1. The van der Waals surface area contributed by atoms with Gasteiger partial charge in [0.1, 0.15) is 0 Å². The third kappa shape index (κ3) is 2.33. The van der Waals surface area contributed by atoms with Gasteiger partial charge in [0.2, 0.25) is 0 Å². The first kappa shape index (κ1) is 9.24. The summed E-state index contributed by atoms with van der Waals surface area (Å²) in [6.45, 7) is 6.58. The van der Waals surface area contributed by atoms with Crippen LogP contribution in [0.5, 0.6) is 0 Å². The second-order valence-corrected chi connectivity index (χ2v) is 3.42. The summed E-state index contributed by atoms with van der Waals surface area (Å²) in [7, 11) is 0. The summed E-state index contributed by atoms with van der Waals surface area (Å²) in [4.78, 5) is 4.39. The second kappa shape index (κ2) is 4.24. The molecule has 0 aliphatic carbocycles. The lowest BCUT2D eigenvalue weighted by Crippen LogP contribution is -2.06. The lowest BCUT2D eigenvalue weighted by Gasteiger charge is -2.06. The summed E-state index contributed by atoms with van der Waals surface area (Å²) in [6.07, 6.45) is 9.55. The maximum Gasteiger partial charge on any atom is 0.0428 e. The van der Waals surface area contributed by atoms with E-state index < -0.39 is 0 Å². The molecule has 1 aliphatic rings. The monoisotopic (exact) mass is 163 g/mol. The maximum absolute atomic E-state index is 4.39. The van der Waals surface area contributed by atoms with Crippen LogP contribution in [0.15, 0.2) is 29.4 Å². The molecule has 12 heavy (non-hydrogen) atoms. The average molecular weight is 163 g/mol. The molecule has 1 heteroatoms. The van der Waals surface area contributed by atoms with Gasteiger partial charge in [-0.3, -0.25) is 4.99 Å². The van der Waals surface area contributed by atoms with Crippen LogP contribution in [0.4, 0.5) is 0 Å². The third-order valence-corrected chi connectivity index (χ3v) is 2.30. The smallest absolute Gasteiger partial charge is 0.0428 e. The van der Waals surface area contributed by atoms with Crippen molar-refractivity contribution in [1.82, 2.24) is 0 Å². The van der Waals surface area contributed by atoms with Crippen molar-refractivity contribution >= 4 is 5.71 Å². The van der Waals surface area contributed by atoms with Gasteiger partial charge in [-0.25, -0.2) is 0 Å². The Kier molecular flexibility index (Phi) is 3.27. The molecule has 0 amide bonds. The number of aliphatic imine (C=N–C) groups is 1. The summed E-state index contributed by atoms with van der Waals surface area (Å²) >= 11 is 0. The van der Waals surface area contributed by atoms with Gasteiger partial charge >= 0.3 is 0 Å². The topological polar surface area (TPSA) is 12.4 Å². The fourth-order valence-corrected chi connectivity index (χ4v) is 1.12. The average Bonchev–Trinajstić information content (AvgIpc) is 2.29. The molecule has 0 fully saturated rings. The molecule has 0 N–H and O–H groups in total. The zero-order chi connectivity index (χ0) is 8.97. The third-order valence-electron chi connectivity index (χ3n) is 2.30. The van der Waals surface area contributed by atoms with Crippen molar-refractivity contribution in [3.63, 3.8) is 0 Å². The predicted octanol–water partition coefficient (Wildman–Crippen LogP) is 3.19.